The number of nitrogens with zero attached hydrogens (tertiary/aromatic N) is 2. The summed E-state index contributed by atoms with van der Waals surface area (Å²) < 4.78 is 17.9. The van der Waals surface area contributed by atoms with Crippen LogP contribution in [0.4, 0.5) is 10.4 Å². The molecule has 1 heterocycles. The quantitative estimate of drug-likeness (QED) is 0.763. The first kappa shape index (κ1) is 12.5. The lowest BCUT2D eigenvalue weighted by atomic mass is 10.1. The summed E-state index contributed by atoms with van der Waals surface area (Å²) in [7, 11) is 0. The summed E-state index contributed by atoms with van der Waals surface area (Å²) in [6.45, 7) is 0.952. The van der Waals surface area contributed by atoms with Crippen molar-refractivity contribution in [1.29, 1.82) is 0 Å². The number of rotatable bonds is 6. The minimum absolute atomic E-state index is 0.211. The van der Waals surface area contributed by atoms with Crippen LogP contribution in [0.25, 0.3) is 0 Å². The van der Waals surface area contributed by atoms with E-state index in [0.29, 0.717) is 18.5 Å². The van der Waals surface area contributed by atoms with Gasteiger partial charge in [-0.15, -0.1) is 5.10 Å². The second-order valence-corrected chi connectivity index (χ2v) is 3.86. The van der Waals surface area contributed by atoms with Crippen molar-refractivity contribution in [3.63, 3.8) is 0 Å². The molecule has 0 amide bonds. The highest BCUT2D eigenvalue weighted by molar-refractivity contribution is 5.18. The van der Waals surface area contributed by atoms with Gasteiger partial charge in [0.2, 0.25) is 5.89 Å². The molecule has 0 unspecified atom stereocenters. The molecule has 0 spiro atoms. The first-order chi connectivity index (χ1) is 8.78. The number of aromatic nitrogens is 2. The topological polar surface area (TPSA) is 77.0 Å². The zero-order chi connectivity index (χ0) is 12.8. The summed E-state index contributed by atoms with van der Waals surface area (Å²) in [6, 6.07) is 6.89. The standard InChI is InChI=1S/C12H15FN4O/c13-10-5-3-9(4-6-10)2-1-7-15-12-17-16-11(8-14)18-12/h3-6H,1-2,7-8,14H2,(H,15,17). The lowest BCUT2D eigenvalue weighted by Gasteiger charge is -2.02. The Balaban J connectivity index is 1.71. The van der Waals surface area contributed by atoms with Crippen LogP contribution in [-0.2, 0) is 13.0 Å². The van der Waals surface area contributed by atoms with E-state index in [-0.39, 0.29) is 12.4 Å². The van der Waals surface area contributed by atoms with Crippen LogP contribution in [0.3, 0.4) is 0 Å². The molecule has 2 rings (SSSR count). The maximum absolute atomic E-state index is 12.7. The molecule has 96 valence electrons. The van der Waals surface area contributed by atoms with E-state index in [1.165, 1.54) is 12.1 Å². The number of nitrogens with one attached hydrogen (secondary N) is 1. The Kier molecular flexibility index (Phi) is 4.25. The minimum atomic E-state index is -0.211. The Labute approximate surface area is 104 Å². The molecule has 0 radical (unpaired) electrons. The summed E-state index contributed by atoms with van der Waals surface area (Å²) in [5.41, 5.74) is 6.45. The van der Waals surface area contributed by atoms with Crippen molar-refractivity contribution >= 4 is 6.01 Å². The second-order valence-electron chi connectivity index (χ2n) is 3.86. The highest BCUT2D eigenvalue weighted by atomic mass is 19.1. The molecule has 0 saturated heterocycles. The Bertz CT molecular complexity index is 483. The van der Waals surface area contributed by atoms with Crippen LogP contribution >= 0.6 is 0 Å². The van der Waals surface area contributed by atoms with Gasteiger partial charge in [-0.05, 0) is 30.5 Å². The number of hydrogen-bond donors (Lipinski definition) is 2. The number of benzene rings is 1. The van der Waals surface area contributed by atoms with Crippen molar-refractivity contribution in [2.24, 2.45) is 5.73 Å². The molecule has 0 aliphatic rings. The van der Waals surface area contributed by atoms with Crippen molar-refractivity contribution in [3.05, 3.63) is 41.5 Å². The molecule has 18 heavy (non-hydrogen) atoms. The van der Waals surface area contributed by atoms with E-state index in [1.807, 2.05) is 0 Å². The van der Waals surface area contributed by atoms with Crippen LogP contribution in [0.2, 0.25) is 0 Å². The normalized spacial score (nSPS) is 10.6. The number of halogens is 1. The maximum Gasteiger partial charge on any atom is 0.315 e. The van der Waals surface area contributed by atoms with Gasteiger partial charge in [-0.2, -0.15) is 0 Å². The number of aryl methyl sites for hydroxylation is 1. The molecule has 0 fully saturated rings. The lowest BCUT2D eigenvalue weighted by molar-refractivity contribution is 0.507. The predicted octanol–water partition coefficient (Wildman–Crippen LogP) is 1.71. The first-order valence-corrected chi connectivity index (χ1v) is 5.78. The largest absolute Gasteiger partial charge is 0.407 e. The smallest absolute Gasteiger partial charge is 0.315 e. The van der Waals surface area contributed by atoms with Gasteiger partial charge < -0.3 is 15.5 Å². The number of anilines is 1. The Morgan fingerprint density at radius 1 is 1.22 bits per heavy atom. The van der Waals surface area contributed by atoms with Crippen LogP contribution in [0.1, 0.15) is 17.9 Å². The van der Waals surface area contributed by atoms with Crippen LogP contribution in [0, 0.1) is 5.82 Å². The average molecular weight is 250 g/mol. The molecule has 1 aromatic heterocycles. The second kappa shape index (κ2) is 6.11. The van der Waals surface area contributed by atoms with E-state index in [9.17, 15) is 4.39 Å². The molecule has 5 nitrogen and oxygen atoms in total. The monoisotopic (exact) mass is 250 g/mol. The first-order valence-electron chi connectivity index (χ1n) is 5.78. The summed E-state index contributed by atoms with van der Waals surface area (Å²) in [5, 5.41) is 10.5. The van der Waals surface area contributed by atoms with Crippen LogP contribution in [0.15, 0.2) is 28.7 Å². The fourth-order valence-corrected chi connectivity index (χ4v) is 1.55. The van der Waals surface area contributed by atoms with Gasteiger partial charge in [0.15, 0.2) is 0 Å². The fourth-order valence-electron chi connectivity index (χ4n) is 1.55. The van der Waals surface area contributed by atoms with Crippen molar-refractivity contribution in [1.82, 2.24) is 10.2 Å². The molecule has 0 atom stereocenters. The van der Waals surface area contributed by atoms with Gasteiger partial charge in [0.25, 0.3) is 0 Å². The third kappa shape index (κ3) is 3.53. The third-order valence-electron chi connectivity index (χ3n) is 2.47. The predicted molar refractivity (Wildman–Crippen MR) is 65.4 cm³/mol. The van der Waals surface area contributed by atoms with Gasteiger partial charge in [0.1, 0.15) is 5.82 Å². The molecule has 2 aromatic rings. The Morgan fingerprint density at radius 3 is 2.67 bits per heavy atom. The van der Waals surface area contributed by atoms with Gasteiger partial charge in [-0.1, -0.05) is 17.2 Å². The molecule has 0 aliphatic heterocycles. The molecule has 3 N–H and O–H groups in total. The summed E-state index contributed by atoms with van der Waals surface area (Å²) in [4.78, 5) is 0. The number of nitrogens with two attached hydrogens (primary N) is 1. The zero-order valence-electron chi connectivity index (χ0n) is 9.90. The van der Waals surface area contributed by atoms with E-state index >= 15 is 0 Å². The Hall–Kier alpha value is -1.95. The molecule has 0 aliphatic carbocycles. The SMILES string of the molecule is NCc1nnc(NCCCc2ccc(F)cc2)o1. The van der Waals surface area contributed by atoms with E-state index in [4.69, 9.17) is 10.2 Å². The summed E-state index contributed by atoms with van der Waals surface area (Å²) in [5.74, 6) is 0.202. The number of hydrogen-bond acceptors (Lipinski definition) is 5. The fraction of sp³-hybridized carbons (Fsp3) is 0.333. The van der Waals surface area contributed by atoms with Gasteiger partial charge in [-0.3, -0.25) is 0 Å². The van der Waals surface area contributed by atoms with Crippen molar-refractivity contribution in [2.75, 3.05) is 11.9 Å². The maximum atomic E-state index is 12.7. The van der Waals surface area contributed by atoms with Crippen LogP contribution in [-0.4, -0.2) is 16.7 Å². The molecule has 0 bridgehead atoms. The van der Waals surface area contributed by atoms with Crippen molar-refractivity contribution < 1.29 is 8.81 Å². The highest BCUT2D eigenvalue weighted by Crippen LogP contribution is 2.07. The van der Waals surface area contributed by atoms with E-state index in [0.717, 1.165) is 18.4 Å². The van der Waals surface area contributed by atoms with Gasteiger partial charge in [0.05, 0.1) is 6.54 Å². The summed E-state index contributed by atoms with van der Waals surface area (Å²) >= 11 is 0. The van der Waals surface area contributed by atoms with E-state index < -0.39 is 0 Å². The molecular formula is C12H15FN4O. The highest BCUT2D eigenvalue weighted by Gasteiger charge is 2.02. The van der Waals surface area contributed by atoms with Crippen molar-refractivity contribution in [2.45, 2.75) is 19.4 Å². The van der Waals surface area contributed by atoms with Gasteiger partial charge in [-0.25, -0.2) is 4.39 Å². The zero-order valence-corrected chi connectivity index (χ0v) is 9.90. The van der Waals surface area contributed by atoms with Crippen molar-refractivity contribution in [3.8, 4) is 0 Å². The van der Waals surface area contributed by atoms with Gasteiger partial charge in [0, 0.05) is 6.54 Å². The molecule has 6 heteroatoms. The van der Waals surface area contributed by atoms with Crippen LogP contribution < -0.4 is 11.1 Å². The minimum Gasteiger partial charge on any atom is -0.407 e. The van der Waals surface area contributed by atoms with E-state index in [2.05, 4.69) is 15.5 Å². The average Bonchev–Trinajstić information content (AvgIpc) is 2.85. The molecule has 0 saturated carbocycles. The lowest BCUT2D eigenvalue weighted by Crippen LogP contribution is -2.03. The van der Waals surface area contributed by atoms with Crippen LogP contribution in [0.5, 0.6) is 0 Å². The third-order valence-corrected chi connectivity index (χ3v) is 2.47. The van der Waals surface area contributed by atoms with Gasteiger partial charge >= 0.3 is 6.01 Å². The Morgan fingerprint density at radius 2 is 2.00 bits per heavy atom. The summed E-state index contributed by atoms with van der Waals surface area (Å²) in [6.07, 6.45) is 1.76. The van der Waals surface area contributed by atoms with E-state index in [1.54, 1.807) is 12.1 Å². The molecular weight excluding hydrogens is 235 g/mol. The molecule has 1 aromatic carbocycles.